The average molecular weight is 365 g/mol. The van der Waals surface area contributed by atoms with Crippen LogP contribution in [0.15, 0.2) is 53.6 Å². The molecule has 2 aliphatic heterocycles. The number of ether oxygens (including phenoxy) is 2. The van der Waals surface area contributed by atoms with Gasteiger partial charge in [-0.3, -0.25) is 9.91 Å². The molecule has 2 aliphatic rings. The Hall–Kier alpha value is -3.35. The molecule has 2 aromatic rings. The summed E-state index contributed by atoms with van der Waals surface area (Å²) in [5, 5.41) is 6.37. The van der Waals surface area contributed by atoms with Crippen molar-refractivity contribution in [3.8, 4) is 5.75 Å². The molecule has 1 fully saturated rings. The summed E-state index contributed by atoms with van der Waals surface area (Å²) in [6.45, 7) is 3.76. The van der Waals surface area contributed by atoms with Gasteiger partial charge in [0.2, 0.25) is 0 Å². The van der Waals surface area contributed by atoms with E-state index < -0.39 is 5.97 Å². The minimum absolute atomic E-state index is 0.364. The Morgan fingerprint density at radius 2 is 1.74 bits per heavy atom. The van der Waals surface area contributed by atoms with Crippen molar-refractivity contribution < 1.29 is 19.1 Å². The van der Waals surface area contributed by atoms with E-state index in [1.165, 1.54) is 4.90 Å². The summed E-state index contributed by atoms with van der Waals surface area (Å²) in [5.74, 6) is -0.0175. The van der Waals surface area contributed by atoms with Crippen molar-refractivity contribution in [2.75, 3.05) is 29.6 Å². The van der Waals surface area contributed by atoms with Crippen molar-refractivity contribution in [2.24, 2.45) is 5.10 Å². The lowest BCUT2D eigenvalue weighted by atomic mass is 10.2. The van der Waals surface area contributed by atoms with Gasteiger partial charge in [0.15, 0.2) is 0 Å². The summed E-state index contributed by atoms with van der Waals surface area (Å²) in [6.07, 6.45) is 0.590. The van der Waals surface area contributed by atoms with Crippen LogP contribution < -0.4 is 14.6 Å². The third-order valence-corrected chi connectivity index (χ3v) is 4.50. The third kappa shape index (κ3) is 3.62. The normalized spacial score (nSPS) is 16.3. The second kappa shape index (κ2) is 7.11. The zero-order valence-corrected chi connectivity index (χ0v) is 14.9. The highest BCUT2D eigenvalue weighted by atomic mass is 16.6. The summed E-state index contributed by atoms with van der Waals surface area (Å²) >= 11 is 0. The van der Waals surface area contributed by atoms with E-state index in [-0.39, 0.29) is 6.09 Å². The molecule has 2 heterocycles. The Kier molecular flexibility index (Phi) is 4.50. The Labute approximate surface area is 156 Å². The number of hydrazone groups is 1. The van der Waals surface area contributed by atoms with E-state index in [4.69, 9.17) is 9.47 Å². The molecule has 2 aromatic carbocycles. The number of benzene rings is 2. The van der Waals surface area contributed by atoms with Gasteiger partial charge in [-0.1, -0.05) is 0 Å². The largest absolute Gasteiger partial charge is 0.447 e. The predicted octanol–water partition coefficient (Wildman–Crippen LogP) is 3.45. The fourth-order valence-electron chi connectivity index (χ4n) is 3.02. The monoisotopic (exact) mass is 365 g/mol. The number of esters is 1. The highest BCUT2D eigenvalue weighted by Crippen LogP contribution is 2.24. The van der Waals surface area contributed by atoms with Gasteiger partial charge in [-0.15, -0.1) is 0 Å². The predicted molar refractivity (Wildman–Crippen MR) is 102 cm³/mol. The zero-order valence-electron chi connectivity index (χ0n) is 14.9. The van der Waals surface area contributed by atoms with Gasteiger partial charge in [-0.05, 0) is 55.5 Å². The summed E-state index contributed by atoms with van der Waals surface area (Å²) in [5.41, 5.74) is 3.23. The number of hydrogen-bond acceptors (Lipinski definition) is 6. The summed E-state index contributed by atoms with van der Waals surface area (Å²) in [4.78, 5) is 25.4. The molecule has 1 amide bonds. The van der Waals surface area contributed by atoms with Crippen molar-refractivity contribution in [3.63, 3.8) is 0 Å². The molecule has 0 bridgehead atoms. The van der Waals surface area contributed by atoms with Crippen LogP contribution in [0.4, 0.5) is 16.2 Å². The molecular formula is C20H19N3O4. The van der Waals surface area contributed by atoms with Gasteiger partial charge in [-0.2, -0.15) is 5.10 Å². The Bertz CT molecular complexity index is 890. The highest BCUT2D eigenvalue weighted by molar-refractivity contribution is 5.92. The second-order valence-corrected chi connectivity index (χ2v) is 6.40. The molecule has 0 radical (unpaired) electrons. The maximum atomic E-state index is 12.3. The fourth-order valence-corrected chi connectivity index (χ4v) is 3.02. The first-order chi connectivity index (χ1) is 13.1. The van der Waals surface area contributed by atoms with Crippen molar-refractivity contribution in [3.05, 3.63) is 54.1 Å². The van der Waals surface area contributed by atoms with Crippen LogP contribution in [0.1, 0.15) is 23.7 Å². The van der Waals surface area contributed by atoms with Gasteiger partial charge in [0, 0.05) is 24.4 Å². The quantitative estimate of drug-likeness (QED) is 0.613. The van der Waals surface area contributed by atoms with Crippen molar-refractivity contribution >= 4 is 29.1 Å². The minimum atomic E-state index is -0.434. The van der Waals surface area contributed by atoms with E-state index in [9.17, 15) is 9.59 Å². The zero-order chi connectivity index (χ0) is 18.8. The van der Waals surface area contributed by atoms with Crippen molar-refractivity contribution in [1.29, 1.82) is 0 Å². The molecule has 0 N–H and O–H groups in total. The molecule has 0 aromatic heterocycles. The standard InChI is InChI=1S/C20H19N3O4/c1-14-10-11-23(21-14)17-4-2-15(3-5-17)19(24)27-18-8-6-16(7-9-18)22-12-13-26-20(22)25/h2-9H,10-13H2,1H3. The van der Waals surface area contributed by atoms with E-state index in [1.54, 1.807) is 36.4 Å². The minimum Gasteiger partial charge on any atom is -0.447 e. The van der Waals surface area contributed by atoms with E-state index in [0.717, 1.165) is 24.4 Å². The number of carbonyl (C=O) groups is 2. The first kappa shape index (κ1) is 17.1. The molecule has 0 spiro atoms. The number of hydrogen-bond donors (Lipinski definition) is 0. The first-order valence-corrected chi connectivity index (χ1v) is 8.78. The lowest BCUT2D eigenvalue weighted by Crippen LogP contribution is -2.23. The summed E-state index contributed by atoms with van der Waals surface area (Å²) in [7, 11) is 0. The van der Waals surface area contributed by atoms with Crippen LogP contribution in [0.5, 0.6) is 5.75 Å². The Balaban J connectivity index is 1.40. The molecule has 0 unspecified atom stereocenters. The topological polar surface area (TPSA) is 71.4 Å². The van der Waals surface area contributed by atoms with Gasteiger partial charge in [0.05, 0.1) is 17.8 Å². The second-order valence-electron chi connectivity index (χ2n) is 6.40. The molecule has 1 saturated heterocycles. The van der Waals surface area contributed by atoms with Gasteiger partial charge in [-0.25, -0.2) is 9.59 Å². The lowest BCUT2D eigenvalue weighted by Gasteiger charge is -2.14. The molecular weight excluding hydrogens is 346 g/mol. The first-order valence-electron chi connectivity index (χ1n) is 8.78. The van der Waals surface area contributed by atoms with Crippen LogP contribution in [-0.2, 0) is 4.74 Å². The van der Waals surface area contributed by atoms with Crippen LogP contribution >= 0.6 is 0 Å². The van der Waals surface area contributed by atoms with Crippen LogP contribution in [0, 0.1) is 0 Å². The van der Waals surface area contributed by atoms with E-state index in [0.29, 0.717) is 30.2 Å². The Morgan fingerprint density at radius 1 is 1.04 bits per heavy atom. The number of carbonyl (C=O) groups excluding carboxylic acids is 2. The number of anilines is 2. The molecule has 7 nitrogen and oxygen atoms in total. The maximum Gasteiger partial charge on any atom is 0.414 e. The highest BCUT2D eigenvalue weighted by Gasteiger charge is 2.23. The van der Waals surface area contributed by atoms with Gasteiger partial charge in [0.25, 0.3) is 0 Å². The SMILES string of the molecule is CC1=NN(c2ccc(C(=O)Oc3ccc(N4CCOC4=O)cc3)cc2)CC1. The molecule has 0 aliphatic carbocycles. The molecule has 0 atom stereocenters. The maximum absolute atomic E-state index is 12.3. The number of rotatable bonds is 4. The van der Waals surface area contributed by atoms with E-state index >= 15 is 0 Å². The fraction of sp³-hybridized carbons (Fsp3) is 0.250. The number of amides is 1. The van der Waals surface area contributed by atoms with Crippen LogP contribution in [-0.4, -0.2) is 37.5 Å². The van der Waals surface area contributed by atoms with Gasteiger partial charge >= 0.3 is 12.1 Å². The lowest BCUT2D eigenvalue weighted by molar-refractivity contribution is 0.0734. The van der Waals surface area contributed by atoms with Crippen LogP contribution in [0.25, 0.3) is 0 Å². The van der Waals surface area contributed by atoms with Gasteiger partial charge in [0.1, 0.15) is 12.4 Å². The third-order valence-electron chi connectivity index (χ3n) is 4.50. The van der Waals surface area contributed by atoms with E-state index in [2.05, 4.69) is 5.10 Å². The molecule has 7 heteroatoms. The summed E-state index contributed by atoms with van der Waals surface area (Å²) < 4.78 is 10.3. The number of cyclic esters (lactones) is 1. The van der Waals surface area contributed by atoms with E-state index in [1.807, 2.05) is 24.1 Å². The molecule has 0 saturated carbocycles. The Morgan fingerprint density at radius 3 is 2.33 bits per heavy atom. The van der Waals surface area contributed by atoms with Crippen molar-refractivity contribution in [1.82, 2.24) is 0 Å². The molecule has 4 rings (SSSR count). The molecule has 27 heavy (non-hydrogen) atoms. The number of nitrogens with zero attached hydrogens (tertiary/aromatic N) is 3. The van der Waals surface area contributed by atoms with Crippen LogP contribution in [0.3, 0.4) is 0 Å². The average Bonchev–Trinajstić information content (AvgIpc) is 3.31. The van der Waals surface area contributed by atoms with Crippen LogP contribution in [0.2, 0.25) is 0 Å². The molecule has 138 valence electrons. The smallest absolute Gasteiger partial charge is 0.414 e. The summed E-state index contributed by atoms with van der Waals surface area (Å²) in [6, 6.07) is 14.0. The van der Waals surface area contributed by atoms with Crippen molar-refractivity contribution in [2.45, 2.75) is 13.3 Å². The van der Waals surface area contributed by atoms with Gasteiger partial charge < -0.3 is 9.47 Å².